The van der Waals surface area contributed by atoms with E-state index in [0.29, 0.717) is 18.4 Å². The third kappa shape index (κ3) is 3.89. The molecule has 1 fully saturated rings. The van der Waals surface area contributed by atoms with Gasteiger partial charge in [0.05, 0.1) is 0 Å². The summed E-state index contributed by atoms with van der Waals surface area (Å²) in [5, 5.41) is 11.5. The molecule has 1 aliphatic carbocycles. The fraction of sp³-hybridized carbons (Fsp3) is 0.562. The van der Waals surface area contributed by atoms with E-state index in [9.17, 15) is 0 Å². The van der Waals surface area contributed by atoms with Gasteiger partial charge in [-0.3, -0.25) is 0 Å². The number of benzene rings is 1. The van der Waals surface area contributed by atoms with Crippen molar-refractivity contribution in [3.63, 3.8) is 0 Å². The van der Waals surface area contributed by atoms with Crippen LogP contribution in [-0.4, -0.2) is 17.1 Å². The number of oxime groups is 1. The average molecular weight is 276 g/mol. The Hall–Kier alpha value is -1.71. The highest BCUT2D eigenvalue weighted by molar-refractivity contribution is 5.82. The molecule has 0 radical (unpaired) electrons. The molecule has 0 spiro atoms. The summed E-state index contributed by atoms with van der Waals surface area (Å²) in [6.07, 6.45) is 7.03. The van der Waals surface area contributed by atoms with Gasteiger partial charge in [0.15, 0.2) is 0 Å². The minimum Gasteiger partial charge on any atom is -0.490 e. The highest BCUT2D eigenvalue weighted by Gasteiger charge is 2.25. The number of rotatable bonds is 5. The zero-order chi connectivity index (χ0) is 14.4. The van der Waals surface area contributed by atoms with Crippen LogP contribution in [0.4, 0.5) is 0 Å². The van der Waals surface area contributed by atoms with Gasteiger partial charge in [-0.1, -0.05) is 30.6 Å². The molecular formula is C16H24N2O2. The van der Waals surface area contributed by atoms with E-state index < -0.39 is 0 Å². The first-order chi connectivity index (χ1) is 9.72. The molecule has 2 atom stereocenters. The first-order valence-electron chi connectivity index (χ1n) is 7.45. The third-order valence-electron chi connectivity index (χ3n) is 4.09. The molecule has 1 aromatic carbocycles. The Bertz CT molecular complexity index is 442. The molecule has 0 saturated heterocycles. The maximum atomic E-state index is 8.56. The Morgan fingerprint density at radius 2 is 2.00 bits per heavy atom. The van der Waals surface area contributed by atoms with Crippen molar-refractivity contribution in [3.8, 4) is 5.75 Å². The molecule has 0 amide bonds. The van der Waals surface area contributed by atoms with Crippen LogP contribution in [0.25, 0.3) is 0 Å². The lowest BCUT2D eigenvalue weighted by Crippen LogP contribution is -2.29. The monoisotopic (exact) mass is 276 g/mol. The maximum Gasteiger partial charge on any atom is 0.143 e. The number of nitrogens with zero attached hydrogens (tertiary/aromatic N) is 1. The number of nitrogens with two attached hydrogens (primary N) is 1. The van der Waals surface area contributed by atoms with Gasteiger partial charge in [-0.2, -0.15) is 0 Å². The summed E-state index contributed by atoms with van der Waals surface area (Å²) in [4.78, 5) is 0. The molecule has 0 aromatic heterocycles. The molecule has 0 aliphatic heterocycles. The summed E-state index contributed by atoms with van der Waals surface area (Å²) in [6, 6.07) is 7.89. The van der Waals surface area contributed by atoms with Gasteiger partial charge < -0.3 is 15.7 Å². The molecule has 2 rings (SSSR count). The van der Waals surface area contributed by atoms with Gasteiger partial charge >= 0.3 is 0 Å². The van der Waals surface area contributed by atoms with Crippen molar-refractivity contribution in [2.24, 2.45) is 16.8 Å². The van der Waals surface area contributed by atoms with Crippen molar-refractivity contribution in [1.29, 1.82) is 0 Å². The topological polar surface area (TPSA) is 67.8 Å². The summed E-state index contributed by atoms with van der Waals surface area (Å²) in [5.41, 5.74) is 6.51. The van der Waals surface area contributed by atoms with Crippen molar-refractivity contribution >= 4 is 5.84 Å². The van der Waals surface area contributed by atoms with Crippen LogP contribution in [-0.2, 0) is 6.42 Å². The number of hydrogen-bond acceptors (Lipinski definition) is 3. The third-order valence-corrected chi connectivity index (χ3v) is 4.09. The molecule has 20 heavy (non-hydrogen) atoms. The first-order valence-corrected chi connectivity index (χ1v) is 7.45. The molecule has 0 heterocycles. The second kappa shape index (κ2) is 7.17. The summed E-state index contributed by atoms with van der Waals surface area (Å²) in [6.45, 7) is 2.24. The number of ether oxygens (including phenoxy) is 1. The lowest BCUT2D eigenvalue weighted by atomic mass is 9.85. The molecule has 1 aromatic rings. The average Bonchev–Trinajstić information content (AvgIpc) is 2.49. The second-order valence-electron chi connectivity index (χ2n) is 5.52. The maximum absolute atomic E-state index is 8.56. The van der Waals surface area contributed by atoms with E-state index >= 15 is 0 Å². The second-order valence-corrected chi connectivity index (χ2v) is 5.52. The molecule has 0 bridgehead atoms. The zero-order valence-electron chi connectivity index (χ0n) is 12.1. The standard InChI is InChI=1S/C16H24N2O2/c1-2-13-5-3-4-6-15(13)20-14-9-7-12(8-10-14)11-16(17)18-19/h7-10,13,15,19H,2-6,11H2,1H3,(H2,17,18). The Labute approximate surface area is 120 Å². The van der Waals surface area contributed by atoms with Crippen LogP contribution in [0.2, 0.25) is 0 Å². The van der Waals surface area contributed by atoms with Gasteiger partial charge in [0, 0.05) is 6.42 Å². The highest BCUT2D eigenvalue weighted by Crippen LogP contribution is 2.30. The molecular weight excluding hydrogens is 252 g/mol. The summed E-state index contributed by atoms with van der Waals surface area (Å²) < 4.78 is 6.13. The van der Waals surface area contributed by atoms with Gasteiger partial charge in [0.25, 0.3) is 0 Å². The van der Waals surface area contributed by atoms with E-state index in [0.717, 1.165) is 17.7 Å². The molecule has 3 N–H and O–H groups in total. The Morgan fingerprint density at radius 1 is 1.30 bits per heavy atom. The minimum atomic E-state index is 0.219. The van der Waals surface area contributed by atoms with Gasteiger partial charge in [-0.25, -0.2) is 0 Å². The van der Waals surface area contributed by atoms with Crippen LogP contribution in [0.5, 0.6) is 5.75 Å². The smallest absolute Gasteiger partial charge is 0.143 e. The van der Waals surface area contributed by atoms with Crippen LogP contribution >= 0.6 is 0 Å². The summed E-state index contributed by atoms with van der Waals surface area (Å²) in [7, 11) is 0. The van der Waals surface area contributed by atoms with E-state index in [1.165, 1.54) is 25.7 Å². The van der Waals surface area contributed by atoms with Crippen molar-refractivity contribution in [3.05, 3.63) is 29.8 Å². The fourth-order valence-corrected chi connectivity index (χ4v) is 2.90. The summed E-state index contributed by atoms with van der Waals surface area (Å²) in [5.74, 6) is 1.82. The van der Waals surface area contributed by atoms with Gasteiger partial charge in [0.1, 0.15) is 17.7 Å². The van der Waals surface area contributed by atoms with Crippen molar-refractivity contribution in [2.45, 2.75) is 51.6 Å². The molecule has 2 unspecified atom stereocenters. The Morgan fingerprint density at radius 3 is 2.65 bits per heavy atom. The van der Waals surface area contributed by atoms with Gasteiger partial charge in [-0.15, -0.1) is 0 Å². The Balaban J connectivity index is 1.96. The van der Waals surface area contributed by atoms with Crippen LogP contribution in [0.3, 0.4) is 0 Å². The molecule has 110 valence electrons. The lowest BCUT2D eigenvalue weighted by molar-refractivity contribution is 0.0904. The van der Waals surface area contributed by atoms with E-state index in [1.54, 1.807) is 0 Å². The minimum absolute atomic E-state index is 0.219. The molecule has 1 saturated carbocycles. The van der Waals surface area contributed by atoms with E-state index in [4.69, 9.17) is 15.7 Å². The Kier molecular flexibility index (Phi) is 5.27. The SMILES string of the molecule is CCC1CCCCC1Oc1ccc(CC(N)=NO)cc1. The van der Waals surface area contributed by atoms with Crippen molar-refractivity contribution < 1.29 is 9.94 Å². The largest absolute Gasteiger partial charge is 0.490 e. The van der Waals surface area contributed by atoms with E-state index in [2.05, 4.69) is 12.1 Å². The predicted octanol–water partition coefficient (Wildman–Crippen LogP) is 3.32. The molecule has 4 heteroatoms. The zero-order valence-corrected chi connectivity index (χ0v) is 12.1. The predicted molar refractivity (Wildman–Crippen MR) is 80.2 cm³/mol. The lowest BCUT2D eigenvalue weighted by Gasteiger charge is -2.31. The van der Waals surface area contributed by atoms with E-state index in [-0.39, 0.29) is 5.84 Å². The van der Waals surface area contributed by atoms with Gasteiger partial charge in [0.2, 0.25) is 0 Å². The van der Waals surface area contributed by atoms with Crippen molar-refractivity contribution in [2.75, 3.05) is 0 Å². The van der Waals surface area contributed by atoms with Crippen LogP contribution in [0.15, 0.2) is 29.4 Å². The molecule has 1 aliphatic rings. The van der Waals surface area contributed by atoms with Crippen molar-refractivity contribution in [1.82, 2.24) is 0 Å². The fourth-order valence-electron chi connectivity index (χ4n) is 2.90. The van der Waals surface area contributed by atoms with Crippen LogP contribution < -0.4 is 10.5 Å². The van der Waals surface area contributed by atoms with Crippen LogP contribution in [0.1, 0.15) is 44.6 Å². The summed E-state index contributed by atoms with van der Waals surface area (Å²) >= 11 is 0. The quantitative estimate of drug-likeness (QED) is 0.375. The first kappa shape index (κ1) is 14.7. The van der Waals surface area contributed by atoms with E-state index in [1.807, 2.05) is 24.3 Å². The highest BCUT2D eigenvalue weighted by atomic mass is 16.5. The van der Waals surface area contributed by atoms with Crippen LogP contribution in [0, 0.1) is 5.92 Å². The number of hydrogen-bond donors (Lipinski definition) is 2. The van der Waals surface area contributed by atoms with Gasteiger partial charge in [-0.05, 0) is 49.3 Å². The normalized spacial score (nSPS) is 23.6. The number of amidine groups is 1. The molecule has 4 nitrogen and oxygen atoms in total.